The number of anilines is 1. The molecule has 0 radical (unpaired) electrons. The number of halogens is 2. The van der Waals surface area contributed by atoms with Crippen molar-refractivity contribution in [2.75, 3.05) is 5.73 Å². The van der Waals surface area contributed by atoms with Gasteiger partial charge < -0.3 is 5.73 Å². The lowest BCUT2D eigenvalue weighted by Gasteiger charge is -2.11. The summed E-state index contributed by atoms with van der Waals surface area (Å²) in [6.45, 7) is 4.26. The molecule has 0 bridgehead atoms. The first-order chi connectivity index (χ1) is 9.97. The van der Waals surface area contributed by atoms with Gasteiger partial charge in [-0.2, -0.15) is 0 Å². The Bertz CT molecular complexity index is 824. The first-order valence-corrected chi connectivity index (χ1v) is 7.50. The third-order valence-electron chi connectivity index (χ3n) is 3.52. The summed E-state index contributed by atoms with van der Waals surface area (Å²) in [5.74, 6) is 0.430. The van der Waals surface area contributed by atoms with Crippen molar-refractivity contribution in [3.05, 3.63) is 52.3 Å². The molecule has 1 aromatic heterocycles. The van der Waals surface area contributed by atoms with Crippen molar-refractivity contribution >= 4 is 32.9 Å². The summed E-state index contributed by atoms with van der Waals surface area (Å²) in [6.07, 6.45) is 0. The largest absolute Gasteiger partial charge is 0.369 e. The fourth-order valence-corrected chi connectivity index (χ4v) is 2.72. The van der Waals surface area contributed by atoms with Crippen molar-refractivity contribution in [3.63, 3.8) is 0 Å². The second-order valence-corrected chi connectivity index (χ2v) is 6.16. The van der Waals surface area contributed by atoms with Crippen LogP contribution < -0.4 is 5.73 Å². The predicted molar refractivity (Wildman–Crippen MR) is 87.2 cm³/mol. The average molecular weight is 348 g/mol. The van der Waals surface area contributed by atoms with Crippen molar-refractivity contribution in [2.45, 2.75) is 19.8 Å². The summed E-state index contributed by atoms with van der Waals surface area (Å²) in [5, 5.41) is 0. The average Bonchev–Trinajstić information content (AvgIpc) is 2.74. The van der Waals surface area contributed by atoms with Gasteiger partial charge in [-0.3, -0.25) is 4.57 Å². The van der Waals surface area contributed by atoms with Crippen LogP contribution in [-0.2, 0) is 0 Å². The third kappa shape index (κ3) is 2.42. The molecule has 0 atom stereocenters. The molecule has 0 aliphatic heterocycles. The van der Waals surface area contributed by atoms with Crippen molar-refractivity contribution in [3.8, 4) is 5.69 Å². The van der Waals surface area contributed by atoms with E-state index in [1.807, 2.05) is 12.1 Å². The van der Waals surface area contributed by atoms with E-state index >= 15 is 0 Å². The van der Waals surface area contributed by atoms with Crippen LogP contribution in [0.25, 0.3) is 16.7 Å². The minimum absolute atomic E-state index is 0.330. The minimum Gasteiger partial charge on any atom is -0.369 e. The number of nitrogens with zero attached hydrogens (tertiary/aromatic N) is 2. The van der Waals surface area contributed by atoms with E-state index in [1.165, 1.54) is 11.6 Å². The Morgan fingerprint density at radius 2 is 2.00 bits per heavy atom. The minimum atomic E-state index is -0.330. The van der Waals surface area contributed by atoms with Crippen LogP contribution in [0, 0.1) is 5.82 Å². The van der Waals surface area contributed by atoms with Gasteiger partial charge in [0.1, 0.15) is 5.82 Å². The van der Waals surface area contributed by atoms with Gasteiger partial charge in [-0.05, 0) is 45.6 Å². The van der Waals surface area contributed by atoms with E-state index in [9.17, 15) is 4.39 Å². The van der Waals surface area contributed by atoms with Gasteiger partial charge in [0, 0.05) is 11.8 Å². The van der Waals surface area contributed by atoms with Crippen molar-refractivity contribution < 1.29 is 4.39 Å². The molecule has 2 aromatic carbocycles. The van der Waals surface area contributed by atoms with Crippen molar-refractivity contribution in [1.29, 1.82) is 0 Å². The normalized spacial score (nSPS) is 11.5. The van der Waals surface area contributed by atoms with E-state index in [0.29, 0.717) is 27.4 Å². The molecule has 0 aliphatic carbocycles. The molecular formula is C16H15BrFN3. The zero-order valence-electron chi connectivity index (χ0n) is 11.8. The number of hydrogen-bond donors (Lipinski definition) is 1. The quantitative estimate of drug-likeness (QED) is 0.734. The first-order valence-electron chi connectivity index (χ1n) is 6.70. The summed E-state index contributed by atoms with van der Waals surface area (Å²) in [4.78, 5) is 4.31. The van der Waals surface area contributed by atoms with Crippen molar-refractivity contribution in [2.24, 2.45) is 0 Å². The molecule has 3 nitrogen and oxygen atoms in total. The Morgan fingerprint density at radius 3 is 2.71 bits per heavy atom. The molecule has 3 aromatic rings. The molecular weight excluding hydrogens is 333 g/mol. The van der Waals surface area contributed by atoms with Gasteiger partial charge in [-0.1, -0.05) is 26.0 Å². The molecule has 0 unspecified atom stereocenters. The Hall–Kier alpha value is -1.88. The summed E-state index contributed by atoms with van der Waals surface area (Å²) in [6, 6.07) is 11.1. The lowest BCUT2D eigenvalue weighted by atomic mass is 10.0. The maximum atomic E-state index is 13.8. The van der Waals surface area contributed by atoms with Gasteiger partial charge in [0.15, 0.2) is 0 Å². The van der Waals surface area contributed by atoms with Crippen LogP contribution in [0.5, 0.6) is 0 Å². The maximum Gasteiger partial charge on any atom is 0.205 e. The monoisotopic (exact) mass is 347 g/mol. The van der Waals surface area contributed by atoms with E-state index in [-0.39, 0.29) is 5.82 Å². The van der Waals surface area contributed by atoms with Crippen LogP contribution in [0.1, 0.15) is 25.3 Å². The summed E-state index contributed by atoms with van der Waals surface area (Å²) in [5.41, 5.74) is 9.44. The topological polar surface area (TPSA) is 43.8 Å². The number of aromatic nitrogens is 2. The van der Waals surface area contributed by atoms with Gasteiger partial charge in [0.05, 0.1) is 15.5 Å². The van der Waals surface area contributed by atoms with Gasteiger partial charge in [0.2, 0.25) is 5.95 Å². The number of rotatable bonds is 2. The fraction of sp³-hybridized carbons (Fsp3) is 0.188. The second-order valence-electron chi connectivity index (χ2n) is 5.31. The predicted octanol–water partition coefficient (Wildman–Crippen LogP) is 4.63. The number of hydrogen-bond acceptors (Lipinski definition) is 2. The lowest BCUT2D eigenvalue weighted by Crippen LogP contribution is -2.01. The van der Waals surface area contributed by atoms with Crippen LogP contribution in [0.15, 0.2) is 40.9 Å². The van der Waals surface area contributed by atoms with E-state index in [4.69, 9.17) is 5.73 Å². The molecule has 0 fully saturated rings. The van der Waals surface area contributed by atoms with Crippen molar-refractivity contribution in [1.82, 2.24) is 9.55 Å². The molecule has 1 heterocycles. The highest BCUT2D eigenvalue weighted by Crippen LogP contribution is 2.28. The van der Waals surface area contributed by atoms with E-state index in [2.05, 4.69) is 46.9 Å². The van der Waals surface area contributed by atoms with Gasteiger partial charge in [0.25, 0.3) is 0 Å². The van der Waals surface area contributed by atoms with Crippen LogP contribution in [-0.4, -0.2) is 9.55 Å². The Kier molecular flexibility index (Phi) is 3.45. The highest BCUT2D eigenvalue weighted by molar-refractivity contribution is 9.10. The number of nitrogen functional groups attached to an aromatic ring is 1. The van der Waals surface area contributed by atoms with Crippen LogP contribution >= 0.6 is 15.9 Å². The SMILES string of the molecule is CC(C)c1cccc(-n2c(N)nc3cc(Br)c(F)cc32)c1. The number of imidazole rings is 1. The number of nitrogens with two attached hydrogens (primary N) is 1. The molecule has 0 saturated heterocycles. The van der Waals surface area contributed by atoms with Crippen LogP contribution in [0.2, 0.25) is 0 Å². The smallest absolute Gasteiger partial charge is 0.205 e. The maximum absolute atomic E-state index is 13.8. The van der Waals surface area contributed by atoms with E-state index in [1.54, 1.807) is 10.6 Å². The Labute approximate surface area is 130 Å². The molecule has 0 spiro atoms. The standard InChI is InChI=1S/C16H15BrFN3/c1-9(2)10-4-3-5-11(6-10)21-15-8-13(18)12(17)7-14(15)20-16(21)19/h3-9H,1-2H3,(H2,19,20). The third-order valence-corrected chi connectivity index (χ3v) is 4.13. The summed E-state index contributed by atoms with van der Waals surface area (Å²) in [7, 11) is 0. The van der Waals surface area contributed by atoms with Gasteiger partial charge in [-0.25, -0.2) is 9.37 Å². The van der Waals surface area contributed by atoms with Crippen LogP contribution in [0.3, 0.4) is 0 Å². The summed E-state index contributed by atoms with van der Waals surface area (Å²) < 4.78 is 16.0. The second kappa shape index (κ2) is 5.15. The number of fused-ring (bicyclic) bond motifs is 1. The van der Waals surface area contributed by atoms with Gasteiger partial charge in [-0.15, -0.1) is 0 Å². The highest BCUT2D eigenvalue weighted by atomic mass is 79.9. The van der Waals surface area contributed by atoms with Crippen LogP contribution in [0.4, 0.5) is 10.3 Å². The van der Waals surface area contributed by atoms with Gasteiger partial charge >= 0.3 is 0 Å². The zero-order valence-corrected chi connectivity index (χ0v) is 13.4. The first kappa shape index (κ1) is 14.1. The molecule has 0 amide bonds. The Balaban J connectivity index is 2.27. The molecule has 108 valence electrons. The molecule has 3 rings (SSSR count). The van der Waals surface area contributed by atoms with E-state index < -0.39 is 0 Å². The summed E-state index contributed by atoms with van der Waals surface area (Å²) >= 11 is 3.17. The molecule has 0 saturated carbocycles. The molecule has 2 N–H and O–H groups in total. The zero-order chi connectivity index (χ0) is 15.1. The molecule has 0 aliphatic rings. The van der Waals surface area contributed by atoms with E-state index in [0.717, 1.165) is 5.69 Å². The lowest BCUT2D eigenvalue weighted by molar-refractivity contribution is 0.622. The fourth-order valence-electron chi connectivity index (χ4n) is 2.39. The highest BCUT2D eigenvalue weighted by Gasteiger charge is 2.13. The molecule has 5 heteroatoms. The molecule has 21 heavy (non-hydrogen) atoms. The number of benzene rings is 2. The Morgan fingerprint density at radius 1 is 1.24 bits per heavy atom.